The Morgan fingerprint density at radius 3 is 2.56 bits per heavy atom. The third kappa shape index (κ3) is 5.38. The van der Waals surface area contributed by atoms with Crippen LogP contribution in [-0.4, -0.2) is 51.9 Å². The first kappa shape index (κ1) is 27.6. The number of carbonyl (C=O) groups is 4. The molecule has 1 unspecified atom stereocenters. The number of fused-ring (bicyclic) bond motifs is 5. The highest BCUT2D eigenvalue weighted by Crippen LogP contribution is 2.65. The molecule has 3 saturated carbocycles. The maximum Gasteiger partial charge on any atom is 0.408 e. The largest absolute Gasteiger partial charge is 0.480 e. The average molecular weight is 538 g/mol. The number of ketones is 2. The summed E-state index contributed by atoms with van der Waals surface area (Å²) in [5, 5.41) is 12.1. The van der Waals surface area contributed by atoms with Crippen LogP contribution in [0.4, 0.5) is 4.79 Å². The van der Waals surface area contributed by atoms with Gasteiger partial charge >= 0.3 is 12.1 Å². The minimum atomic E-state index is -1.09. The van der Waals surface area contributed by atoms with Crippen molar-refractivity contribution in [3.63, 3.8) is 0 Å². The summed E-state index contributed by atoms with van der Waals surface area (Å²) in [4.78, 5) is 48.9. The number of nitrogens with one attached hydrogen (secondary N) is 1. The van der Waals surface area contributed by atoms with Crippen LogP contribution in [0.5, 0.6) is 0 Å². The smallest absolute Gasteiger partial charge is 0.408 e. The van der Waals surface area contributed by atoms with Crippen LogP contribution in [0.2, 0.25) is 0 Å². The Balaban J connectivity index is 1.44. The third-order valence-corrected chi connectivity index (χ3v) is 11.5. The van der Waals surface area contributed by atoms with Crippen LogP contribution >= 0.6 is 21.6 Å². The van der Waals surface area contributed by atoms with Crippen molar-refractivity contribution in [3.05, 3.63) is 11.6 Å². The molecule has 0 bridgehead atoms. The van der Waals surface area contributed by atoms with Gasteiger partial charge in [0, 0.05) is 35.2 Å². The number of rotatable bonds is 7. The number of carboxylic acid groups (broad SMARTS) is 1. The summed E-state index contributed by atoms with van der Waals surface area (Å²) in [6, 6.07) is -1.04. The van der Waals surface area contributed by atoms with Crippen LogP contribution in [0, 0.1) is 28.6 Å². The number of carbonyl (C=O) groups excluding carboxylic acids is 3. The van der Waals surface area contributed by atoms with Gasteiger partial charge in [-0.05, 0) is 83.1 Å². The number of alkyl carbamates (subject to hydrolysis) is 1. The number of ether oxygens (including phenoxy) is 1. The zero-order valence-corrected chi connectivity index (χ0v) is 23.4. The molecule has 7 nitrogen and oxygen atoms in total. The Labute approximate surface area is 221 Å². The zero-order chi connectivity index (χ0) is 26.3. The Hall–Kier alpha value is -1.48. The normalized spacial score (nSPS) is 34.7. The molecule has 0 aromatic heterocycles. The van der Waals surface area contributed by atoms with Crippen molar-refractivity contribution in [2.45, 2.75) is 90.7 Å². The summed E-state index contributed by atoms with van der Waals surface area (Å²) in [6.45, 7) is 7.39. The zero-order valence-electron chi connectivity index (χ0n) is 21.8. The molecular weight excluding hydrogens is 498 g/mol. The maximum absolute atomic E-state index is 12.7. The first-order chi connectivity index (χ1) is 16.9. The number of hydrogen-bond acceptors (Lipinski definition) is 7. The van der Waals surface area contributed by atoms with E-state index >= 15 is 0 Å². The summed E-state index contributed by atoms with van der Waals surface area (Å²) in [5.74, 6) is 1.98. The molecular formula is C27H39NO6S2. The summed E-state index contributed by atoms with van der Waals surface area (Å²) in [6.07, 6.45) is 8.14. The molecule has 36 heavy (non-hydrogen) atoms. The quantitative estimate of drug-likeness (QED) is 0.327. The Morgan fingerprint density at radius 1 is 1.11 bits per heavy atom. The maximum atomic E-state index is 12.7. The Morgan fingerprint density at radius 2 is 1.86 bits per heavy atom. The van der Waals surface area contributed by atoms with Crippen LogP contribution in [0.3, 0.4) is 0 Å². The van der Waals surface area contributed by atoms with Crippen LogP contribution in [0.1, 0.15) is 79.1 Å². The van der Waals surface area contributed by atoms with E-state index in [0.29, 0.717) is 36.4 Å². The molecule has 0 aromatic rings. The fourth-order valence-corrected chi connectivity index (χ4v) is 10.2. The second-order valence-corrected chi connectivity index (χ2v) is 14.7. The fraction of sp³-hybridized carbons (Fsp3) is 0.778. The van der Waals surface area contributed by atoms with E-state index in [4.69, 9.17) is 4.74 Å². The highest BCUT2D eigenvalue weighted by atomic mass is 33.1. The SMILES string of the molecule is CC(C)(C)OC(=O)NC(CSSC[C@]12CCC(=O)C=C1CC[C@@H]1[C@@H]2CC[C@]2(C)C(=O)CC[C@@H]12)C(=O)O. The molecule has 4 aliphatic rings. The topological polar surface area (TPSA) is 110 Å². The third-order valence-electron chi connectivity index (χ3n) is 9.02. The second kappa shape index (κ2) is 10.4. The van der Waals surface area contributed by atoms with Crippen molar-refractivity contribution < 1.29 is 29.0 Å². The van der Waals surface area contributed by atoms with Gasteiger partial charge in [-0.1, -0.05) is 34.1 Å². The lowest BCUT2D eigenvalue weighted by Gasteiger charge is -2.58. The molecule has 0 saturated heterocycles. The molecule has 0 spiro atoms. The van der Waals surface area contributed by atoms with E-state index in [1.807, 2.05) is 6.08 Å². The van der Waals surface area contributed by atoms with E-state index in [9.17, 15) is 24.3 Å². The molecule has 1 amide bonds. The first-order valence-electron chi connectivity index (χ1n) is 13.1. The molecule has 4 rings (SSSR count). The standard InChI is InChI=1S/C27H39NO6S2/c1-25(2,3)34-24(33)28-21(23(31)32)14-35-36-15-27-12-9-17(29)13-16(27)5-6-18-19-7-8-22(30)26(19,4)11-10-20(18)27/h13,18-21H,5-12,14-15H2,1-4H3,(H,28,33)(H,31,32)/t18-,19-,20-,21?,26-,27+/m0/s1. The lowest BCUT2D eigenvalue weighted by atomic mass is 9.47. The average Bonchev–Trinajstić information content (AvgIpc) is 3.09. The van der Waals surface area contributed by atoms with Gasteiger partial charge in [0.05, 0.1) is 0 Å². The first-order valence-corrected chi connectivity index (χ1v) is 15.6. The monoisotopic (exact) mass is 537 g/mol. The van der Waals surface area contributed by atoms with E-state index in [0.717, 1.165) is 44.3 Å². The van der Waals surface area contributed by atoms with Crippen LogP contribution in [0.15, 0.2) is 11.6 Å². The Kier molecular flexibility index (Phi) is 7.92. The molecule has 0 aromatic carbocycles. The van der Waals surface area contributed by atoms with Gasteiger partial charge in [-0.3, -0.25) is 9.59 Å². The number of aliphatic carboxylic acids is 1. The van der Waals surface area contributed by atoms with Gasteiger partial charge in [0.25, 0.3) is 0 Å². The van der Waals surface area contributed by atoms with E-state index in [1.165, 1.54) is 16.4 Å². The van der Waals surface area contributed by atoms with E-state index in [-0.39, 0.29) is 22.4 Å². The summed E-state index contributed by atoms with van der Waals surface area (Å²) in [7, 11) is 3.10. The predicted molar refractivity (Wildman–Crippen MR) is 142 cm³/mol. The van der Waals surface area contributed by atoms with E-state index in [1.54, 1.807) is 31.6 Å². The molecule has 6 atom stereocenters. The minimum absolute atomic E-state index is 0.0707. The number of Topliss-reactive ketones (excluding diaryl/α,β-unsaturated/α-hetero) is 1. The highest BCUT2D eigenvalue weighted by Gasteiger charge is 2.60. The molecule has 2 N–H and O–H groups in total. The second-order valence-electron chi connectivity index (χ2n) is 12.2. The molecule has 4 aliphatic carbocycles. The molecule has 0 heterocycles. The van der Waals surface area contributed by atoms with Crippen LogP contribution in [0.25, 0.3) is 0 Å². The van der Waals surface area contributed by atoms with Gasteiger partial charge in [0.15, 0.2) is 5.78 Å². The summed E-state index contributed by atoms with van der Waals surface area (Å²) in [5.41, 5.74) is 0.312. The van der Waals surface area contributed by atoms with Gasteiger partial charge in [0.2, 0.25) is 0 Å². The number of carboxylic acids is 1. The van der Waals surface area contributed by atoms with Crippen molar-refractivity contribution >= 4 is 45.2 Å². The van der Waals surface area contributed by atoms with E-state index in [2.05, 4.69) is 12.2 Å². The van der Waals surface area contributed by atoms with Gasteiger partial charge < -0.3 is 15.2 Å². The number of hydrogen-bond donors (Lipinski definition) is 2. The summed E-state index contributed by atoms with van der Waals surface area (Å²) >= 11 is 0. The van der Waals surface area contributed by atoms with Crippen LogP contribution < -0.4 is 5.32 Å². The number of allylic oxidation sites excluding steroid dienone is 1. The molecule has 3 fully saturated rings. The molecule has 0 radical (unpaired) electrons. The van der Waals surface area contributed by atoms with Crippen molar-refractivity contribution in [1.82, 2.24) is 5.32 Å². The van der Waals surface area contributed by atoms with Gasteiger partial charge in [0.1, 0.15) is 17.4 Å². The minimum Gasteiger partial charge on any atom is -0.480 e. The van der Waals surface area contributed by atoms with Gasteiger partial charge in [-0.15, -0.1) is 0 Å². The van der Waals surface area contributed by atoms with Crippen LogP contribution in [-0.2, 0) is 19.1 Å². The Bertz CT molecular complexity index is 958. The van der Waals surface area contributed by atoms with Crippen molar-refractivity contribution in [1.29, 1.82) is 0 Å². The van der Waals surface area contributed by atoms with Crippen molar-refractivity contribution in [2.24, 2.45) is 28.6 Å². The van der Waals surface area contributed by atoms with E-state index < -0.39 is 23.7 Å². The van der Waals surface area contributed by atoms with Crippen molar-refractivity contribution in [3.8, 4) is 0 Å². The lowest BCUT2D eigenvalue weighted by Crippen LogP contribution is -2.52. The fourth-order valence-electron chi connectivity index (χ4n) is 7.29. The highest BCUT2D eigenvalue weighted by molar-refractivity contribution is 8.76. The van der Waals surface area contributed by atoms with Gasteiger partial charge in [-0.25, -0.2) is 9.59 Å². The summed E-state index contributed by atoms with van der Waals surface area (Å²) < 4.78 is 5.22. The molecule has 0 aliphatic heterocycles. The predicted octanol–water partition coefficient (Wildman–Crippen LogP) is 5.43. The lowest BCUT2D eigenvalue weighted by molar-refractivity contribution is -0.138. The van der Waals surface area contributed by atoms with Crippen molar-refractivity contribution in [2.75, 3.05) is 11.5 Å². The molecule has 200 valence electrons. The molecule has 9 heteroatoms. The number of amides is 1. The van der Waals surface area contributed by atoms with Gasteiger partial charge in [-0.2, -0.15) is 0 Å².